The van der Waals surface area contributed by atoms with Gasteiger partial charge < -0.3 is 39.4 Å². The zero-order chi connectivity index (χ0) is 38.3. The molecule has 0 aliphatic rings. The maximum atomic E-state index is 13.5. The zero-order valence-corrected chi connectivity index (χ0v) is 32.9. The van der Waals surface area contributed by atoms with Crippen molar-refractivity contribution in [3.8, 4) is 23.0 Å². The summed E-state index contributed by atoms with van der Waals surface area (Å²) in [6.45, 7) is 9.99. The van der Waals surface area contributed by atoms with Crippen LogP contribution in [0.15, 0.2) is 85.1 Å². The van der Waals surface area contributed by atoms with E-state index in [9.17, 15) is 13.6 Å². The molecular weight excluding hydrogens is 713 g/mol. The summed E-state index contributed by atoms with van der Waals surface area (Å²) >= 11 is 0. The number of carbonyl (C=O) groups excluding carboxylic acids is 1. The number of ether oxygens (including phenoxy) is 3. The van der Waals surface area contributed by atoms with Gasteiger partial charge in [-0.2, -0.15) is 0 Å². The first-order valence-corrected chi connectivity index (χ1v) is 20.7. The van der Waals surface area contributed by atoms with E-state index in [2.05, 4.69) is 46.4 Å². The topological polar surface area (TPSA) is 149 Å². The van der Waals surface area contributed by atoms with Crippen molar-refractivity contribution >= 4 is 63.7 Å². The summed E-state index contributed by atoms with van der Waals surface area (Å²) in [5, 5.41) is 10.7. The van der Waals surface area contributed by atoms with Gasteiger partial charge in [0.2, 0.25) is 7.37 Å². The fourth-order valence-corrected chi connectivity index (χ4v) is 7.73. The third kappa shape index (κ3) is 10.1. The van der Waals surface area contributed by atoms with Crippen LogP contribution in [-0.4, -0.2) is 49.0 Å². The van der Waals surface area contributed by atoms with E-state index in [1.807, 2.05) is 61.5 Å². The van der Waals surface area contributed by atoms with Crippen LogP contribution in [0.25, 0.3) is 10.8 Å². The van der Waals surface area contributed by atoms with Crippen molar-refractivity contribution in [1.82, 2.24) is 4.98 Å². The number of hydrogen-bond donors (Lipinski definition) is 4. The van der Waals surface area contributed by atoms with Crippen LogP contribution in [0, 0.1) is 0 Å². The Balaban J connectivity index is 1.35. The van der Waals surface area contributed by atoms with Crippen LogP contribution >= 0.6 is 7.37 Å². The fraction of sp³-hybridized carbons (Fsp3) is 0.282. The average Bonchev–Trinajstić information content (AvgIpc) is 3.09. The minimum absolute atomic E-state index is 0.255. The second-order valence-corrected chi connectivity index (χ2v) is 17.1. The van der Waals surface area contributed by atoms with Crippen molar-refractivity contribution in [2.24, 2.45) is 0 Å². The minimum Gasteiger partial charge on any atom is -0.496 e. The summed E-state index contributed by atoms with van der Waals surface area (Å²) in [5.74, 6) is 2.62. The summed E-state index contributed by atoms with van der Waals surface area (Å²) in [4.78, 5) is 17.9. The van der Waals surface area contributed by atoms with Gasteiger partial charge in [-0.15, -0.1) is 0 Å². The van der Waals surface area contributed by atoms with E-state index in [1.54, 1.807) is 44.2 Å². The van der Waals surface area contributed by atoms with E-state index in [4.69, 9.17) is 18.7 Å². The first-order chi connectivity index (χ1) is 25.2. The Kier molecular flexibility index (Phi) is 12.3. The molecule has 0 aliphatic heterocycles. The highest BCUT2D eigenvalue weighted by atomic mass is 32.2. The standard InChI is InChI=1S/C39H46N5O7PS/c1-9-50-52(7,46)24-25-14-15-27(22-35(25)48-5)41-36-23-28(18-19-40-36)51-34-17-16-31(29-12-10-11-13-30(29)34)42-38(45)43-32-20-26(39(2,3)4)21-33(37(32)49-6)44-53(8)47/h10-23,44H,9,24H2,1-8H3,(H,40,41)(H2,42,43,45). The van der Waals surface area contributed by atoms with Gasteiger partial charge in [0.25, 0.3) is 0 Å². The molecule has 14 heteroatoms. The number of urea groups is 1. The Morgan fingerprint density at radius 1 is 0.868 bits per heavy atom. The van der Waals surface area contributed by atoms with Gasteiger partial charge in [0.05, 0.1) is 44.1 Å². The molecule has 4 aromatic carbocycles. The Hall–Kier alpha value is -5.10. The third-order valence-corrected chi connectivity index (χ3v) is 10.4. The van der Waals surface area contributed by atoms with Gasteiger partial charge in [0, 0.05) is 53.3 Å². The molecule has 2 atom stereocenters. The average molecular weight is 760 g/mol. The molecule has 2 amide bonds. The molecule has 0 bridgehead atoms. The normalized spacial score (nSPS) is 13.1. The number of nitrogens with zero attached hydrogens (tertiary/aromatic N) is 1. The summed E-state index contributed by atoms with van der Waals surface area (Å²) in [5.41, 5.74) is 3.69. The highest BCUT2D eigenvalue weighted by Crippen LogP contribution is 2.48. The number of carbonyl (C=O) groups is 1. The molecule has 0 saturated heterocycles. The maximum absolute atomic E-state index is 13.5. The highest BCUT2D eigenvalue weighted by molar-refractivity contribution is 7.85. The van der Waals surface area contributed by atoms with Gasteiger partial charge in [-0.05, 0) is 54.3 Å². The number of fused-ring (bicyclic) bond motifs is 1. The Bertz CT molecular complexity index is 2190. The Labute approximate surface area is 313 Å². The lowest BCUT2D eigenvalue weighted by Crippen LogP contribution is -2.21. The van der Waals surface area contributed by atoms with Crippen molar-refractivity contribution in [2.45, 2.75) is 39.3 Å². The number of nitrogens with one attached hydrogen (secondary N) is 4. The molecular formula is C39H46N5O7PS. The van der Waals surface area contributed by atoms with Crippen LogP contribution in [0.4, 0.5) is 33.4 Å². The lowest BCUT2D eigenvalue weighted by molar-refractivity contribution is 0.262. The van der Waals surface area contributed by atoms with Crippen LogP contribution in [-0.2, 0) is 31.7 Å². The molecule has 0 radical (unpaired) electrons. The van der Waals surface area contributed by atoms with Crippen LogP contribution in [0.3, 0.4) is 0 Å². The van der Waals surface area contributed by atoms with Gasteiger partial charge in [0.15, 0.2) is 5.75 Å². The molecule has 5 aromatic rings. The summed E-state index contributed by atoms with van der Waals surface area (Å²) in [7, 11) is -1.09. The lowest BCUT2D eigenvalue weighted by Gasteiger charge is -2.24. The zero-order valence-electron chi connectivity index (χ0n) is 31.2. The van der Waals surface area contributed by atoms with Gasteiger partial charge >= 0.3 is 6.03 Å². The first-order valence-electron chi connectivity index (χ1n) is 16.9. The number of anilines is 5. The van der Waals surface area contributed by atoms with Gasteiger partial charge in [-0.3, -0.25) is 4.57 Å². The number of aromatic nitrogens is 1. The minimum atomic E-state index is -2.80. The lowest BCUT2D eigenvalue weighted by atomic mass is 9.86. The highest BCUT2D eigenvalue weighted by Gasteiger charge is 2.22. The second-order valence-electron chi connectivity index (χ2n) is 13.4. The molecule has 12 nitrogen and oxygen atoms in total. The monoisotopic (exact) mass is 759 g/mol. The fourth-order valence-electron chi connectivity index (χ4n) is 5.75. The number of hydrogen-bond acceptors (Lipinski definition) is 9. The largest absolute Gasteiger partial charge is 0.496 e. The van der Waals surface area contributed by atoms with E-state index >= 15 is 0 Å². The van der Waals surface area contributed by atoms with Crippen molar-refractivity contribution in [2.75, 3.05) is 54.4 Å². The van der Waals surface area contributed by atoms with Crippen molar-refractivity contribution < 1.29 is 32.3 Å². The summed E-state index contributed by atoms with van der Waals surface area (Å²) in [6, 6.07) is 23.5. The number of benzene rings is 4. The molecule has 0 aliphatic carbocycles. The molecule has 0 fully saturated rings. The van der Waals surface area contributed by atoms with E-state index < -0.39 is 24.4 Å². The molecule has 280 valence electrons. The number of amides is 2. The van der Waals surface area contributed by atoms with E-state index in [-0.39, 0.29) is 11.6 Å². The maximum Gasteiger partial charge on any atom is 0.323 e. The molecule has 0 spiro atoms. The van der Waals surface area contributed by atoms with Crippen LogP contribution in [0.1, 0.15) is 38.8 Å². The Morgan fingerprint density at radius 2 is 1.58 bits per heavy atom. The van der Waals surface area contributed by atoms with Crippen LogP contribution < -0.4 is 34.9 Å². The molecule has 0 saturated carbocycles. The van der Waals surface area contributed by atoms with Crippen LogP contribution in [0.5, 0.6) is 23.0 Å². The molecule has 1 heterocycles. The van der Waals surface area contributed by atoms with Gasteiger partial charge in [-0.25, -0.2) is 14.0 Å². The van der Waals surface area contributed by atoms with Crippen molar-refractivity contribution in [3.63, 3.8) is 0 Å². The van der Waals surface area contributed by atoms with Gasteiger partial charge in [0.1, 0.15) is 34.1 Å². The van der Waals surface area contributed by atoms with E-state index in [1.165, 1.54) is 13.4 Å². The molecule has 4 N–H and O–H groups in total. The molecule has 1 aromatic heterocycles. The summed E-state index contributed by atoms with van der Waals surface area (Å²) < 4.78 is 50.8. The van der Waals surface area contributed by atoms with E-state index in [0.717, 1.165) is 27.6 Å². The quantitative estimate of drug-likeness (QED) is 0.0812. The first kappa shape index (κ1) is 39.1. The smallest absolute Gasteiger partial charge is 0.323 e. The predicted molar refractivity (Wildman–Crippen MR) is 215 cm³/mol. The molecule has 5 rings (SSSR count). The van der Waals surface area contributed by atoms with Gasteiger partial charge in [-0.1, -0.05) is 51.1 Å². The number of methoxy groups -OCH3 is 2. The predicted octanol–water partition coefficient (Wildman–Crippen LogP) is 9.88. The second kappa shape index (κ2) is 16.7. The third-order valence-electron chi connectivity index (χ3n) is 8.17. The van der Waals surface area contributed by atoms with Crippen LogP contribution in [0.2, 0.25) is 0 Å². The van der Waals surface area contributed by atoms with Crippen molar-refractivity contribution in [1.29, 1.82) is 0 Å². The Morgan fingerprint density at radius 3 is 2.26 bits per heavy atom. The molecule has 2 unspecified atom stereocenters. The number of pyridine rings is 1. The number of rotatable bonds is 14. The SMILES string of the molecule is CCOP(C)(=O)Cc1ccc(Nc2cc(Oc3ccc(NC(=O)Nc4cc(C(C)(C)C)cc(NS(C)=O)c4OC)c4ccccc34)ccn2)cc1OC. The molecule has 53 heavy (non-hydrogen) atoms. The van der Waals surface area contributed by atoms with Crippen molar-refractivity contribution in [3.05, 3.63) is 96.2 Å². The summed E-state index contributed by atoms with van der Waals surface area (Å²) in [6.07, 6.45) is 3.44. The van der Waals surface area contributed by atoms with E-state index in [0.29, 0.717) is 52.5 Å².